The molecule has 2 aliphatic rings. The fourth-order valence-corrected chi connectivity index (χ4v) is 4.52. The summed E-state index contributed by atoms with van der Waals surface area (Å²) in [6.45, 7) is 6.83. The summed E-state index contributed by atoms with van der Waals surface area (Å²) in [6.07, 6.45) is 0.577. The lowest BCUT2D eigenvalue weighted by Gasteiger charge is -2.23. The molecule has 2 heterocycles. The summed E-state index contributed by atoms with van der Waals surface area (Å²) in [6, 6.07) is 11.4. The fourth-order valence-electron chi connectivity index (χ4n) is 4.52. The molecule has 2 saturated heterocycles. The van der Waals surface area contributed by atoms with Crippen LogP contribution in [0, 0.1) is 23.6 Å². The van der Waals surface area contributed by atoms with Crippen molar-refractivity contribution in [2.24, 2.45) is 17.8 Å². The number of benzene rings is 2. The number of likely N-dealkylation sites (tertiary alicyclic amines) is 2. The van der Waals surface area contributed by atoms with Crippen LogP contribution in [-0.2, 0) is 4.79 Å². The number of carbonyl (C=O) groups is 2. The van der Waals surface area contributed by atoms with Gasteiger partial charge in [0.1, 0.15) is 5.82 Å². The first-order valence-corrected chi connectivity index (χ1v) is 10.8. The maximum Gasteiger partial charge on any atom is 0.321 e. The number of nitrogen functional groups attached to an aromatic ring is 1. The summed E-state index contributed by atoms with van der Waals surface area (Å²) in [5, 5.41) is 2.93. The summed E-state index contributed by atoms with van der Waals surface area (Å²) in [7, 11) is 0. The Morgan fingerprint density at radius 2 is 1.58 bits per heavy atom. The molecule has 4 rings (SSSR count). The van der Waals surface area contributed by atoms with Gasteiger partial charge in [0.2, 0.25) is 5.91 Å². The van der Waals surface area contributed by atoms with Crippen LogP contribution in [0.4, 0.5) is 20.6 Å². The van der Waals surface area contributed by atoms with Crippen LogP contribution in [-0.4, -0.2) is 47.9 Å². The van der Waals surface area contributed by atoms with E-state index in [9.17, 15) is 14.0 Å². The number of nitrogens with zero attached hydrogens (tertiary/aromatic N) is 2. The van der Waals surface area contributed by atoms with Crippen molar-refractivity contribution in [3.63, 3.8) is 0 Å². The van der Waals surface area contributed by atoms with Crippen molar-refractivity contribution < 1.29 is 14.0 Å². The van der Waals surface area contributed by atoms with Crippen molar-refractivity contribution in [3.05, 3.63) is 48.3 Å². The van der Waals surface area contributed by atoms with E-state index in [1.165, 1.54) is 12.1 Å². The van der Waals surface area contributed by atoms with E-state index in [4.69, 9.17) is 5.73 Å². The minimum Gasteiger partial charge on any atom is -0.397 e. The Hall–Kier alpha value is -3.09. The molecule has 2 aromatic rings. The molecule has 31 heavy (non-hydrogen) atoms. The number of halogens is 1. The highest BCUT2D eigenvalue weighted by Gasteiger charge is 2.43. The normalized spacial score (nSPS) is 20.3. The lowest BCUT2D eigenvalue weighted by molar-refractivity contribution is -0.131. The summed E-state index contributed by atoms with van der Waals surface area (Å²) < 4.78 is 13.2. The molecule has 2 atom stereocenters. The largest absolute Gasteiger partial charge is 0.397 e. The van der Waals surface area contributed by atoms with Gasteiger partial charge in [-0.25, -0.2) is 9.18 Å². The number of nitrogens with one attached hydrogen (secondary N) is 1. The van der Waals surface area contributed by atoms with Gasteiger partial charge in [0.05, 0.1) is 11.4 Å². The Morgan fingerprint density at radius 1 is 1.00 bits per heavy atom. The minimum absolute atomic E-state index is 0.183. The predicted molar refractivity (Wildman–Crippen MR) is 120 cm³/mol. The molecular weight excluding hydrogens is 395 g/mol. The topological polar surface area (TPSA) is 78.7 Å². The maximum absolute atomic E-state index is 13.2. The number of fused-ring (bicyclic) bond motifs is 1. The van der Waals surface area contributed by atoms with Gasteiger partial charge in [-0.2, -0.15) is 0 Å². The number of carbonyl (C=O) groups excluding carboxylic acids is 2. The minimum atomic E-state index is -0.295. The van der Waals surface area contributed by atoms with Crippen LogP contribution in [0.1, 0.15) is 20.3 Å². The quantitative estimate of drug-likeness (QED) is 0.727. The number of amides is 3. The van der Waals surface area contributed by atoms with E-state index < -0.39 is 0 Å². The molecule has 0 bridgehead atoms. The second kappa shape index (κ2) is 8.57. The van der Waals surface area contributed by atoms with E-state index in [0.717, 1.165) is 24.2 Å². The van der Waals surface area contributed by atoms with Gasteiger partial charge in [0, 0.05) is 44.4 Å². The maximum atomic E-state index is 13.2. The Balaban J connectivity index is 1.38. The summed E-state index contributed by atoms with van der Waals surface area (Å²) in [5.74, 6) is 0.920. The first kappa shape index (κ1) is 21.2. The third kappa shape index (κ3) is 4.65. The van der Waals surface area contributed by atoms with Crippen LogP contribution in [0.2, 0.25) is 0 Å². The van der Waals surface area contributed by atoms with E-state index in [1.54, 1.807) is 18.2 Å². The van der Waals surface area contributed by atoms with E-state index >= 15 is 0 Å². The molecule has 0 aliphatic carbocycles. The van der Waals surface area contributed by atoms with Gasteiger partial charge in [-0.15, -0.1) is 0 Å². The van der Waals surface area contributed by atoms with Crippen molar-refractivity contribution in [1.82, 2.24) is 9.80 Å². The summed E-state index contributed by atoms with van der Waals surface area (Å²) in [4.78, 5) is 29.0. The van der Waals surface area contributed by atoms with Crippen LogP contribution < -0.4 is 11.1 Å². The van der Waals surface area contributed by atoms with Crippen molar-refractivity contribution in [2.75, 3.05) is 37.2 Å². The average molecular weight is 425 g/mol. The zero-order valence-electron chi connectivity index (χ0n) is 18.0. The Labute approximate surface area is 182 Å². The first-order chi connectivity index (χ1) is 14.8. The molecule has 2 aliphatic heterocycles. The molecule has 6 nitrogen and oxygen atoms in total. The van der Waals surface area contributed by atoms with E-state index in [2.05, 4.69) is 19.2 Å². The van der Waals surface area contributed by atoms with E-state index in [-0.39, 0.29) is 17.8 Å². The third-order valence-corrected chi connectivity index (χ3v) is 6.18. The van der Waals surface area contributed by atoms with Crippen LogP contribution in [0.5, 0.6) is 0 Å². The Morgan fingerprint density at radius 3 is 2.19 bits per heavy atom. The van der Waals surface area contributed by atoms with Gasteiger partial charge in [-0.1, -0.05) is 32.0 Å². The molecule has 0 saturated carbocycles. The van der Waals surface area contributed by atoms with Crippen molar-refractivity contribution in [2.45, 2.75) is 20.3 Å². The van der Waals surface area contributed by atoms with E-state index in [1.807, 2.05) is 21.9 Å². The van der Waals surface area contributed by atoms with Gasteiger partial charge in [0.15, 0.2) is 0 Å². The molecule has 164 valence electrons. The SMILES string of the molecule is CC(C)CC(=O)N1CC2CN(C(=O)Nc3cc(-c4ccc(F)cc4)ccc3N)CC2C1. The highest BCUT2D eigenvalue weighted by atomic mass is 19.1. The van der Waals surface area contributed by atoms with Gasteiger partial charge in [-0.05, 0) is 41.3 Å². The lowest BCUT2D eigenvalue weighted by Crippen LogP contribution is -2.38. The molecule has 2 aromatic carbocycles. The van der Waals surface area contributed by atoms with Gasteiger partial charge < -0.3 is 20.9 Å². The van der Waals surface area contributed by atoms with Crippen LogP contribution in [0.3, 0.4) is 0 Å². The molecule has 3 N–H and O–H groups in total. The van der Waals surface area contributed by atoms with Gasteiger partial charge >= 0.3 is 6.03 Å². The van der Waals surface area contributed by atoms with Crippen LogP contribution in [0.25, 0.3) is 11.1 Å². The zero-order valence-corrected chi connectivity index (χ0v) is 18.0. The monoisotopic (exact) mass is 424 g/mol. The molecular formula is C24H29FN4O2. The van der Waals surface area contributed by atoms with Crippen molar-refractivity contribution >= 4 is 23.3 Å². The molecule has 2 fully saturated rings. The number of rotatable bonds is 4. The van der Waals surface area contributed by atoms with Crippen molar-refractivity contribution in [3.8, 4) is 11.1 Å². The number of urea groups is 1. The zero-order chi connectivity index (χ0) is 22.1. The lowest BCUT2D eigenvalue weighted by atomic mass is 10.0. The van der Waals surface area contributed by atoms with Crippen LogP contribution in [0.15, 0.2) is 42.5 Å². The number of hydrogen-bond donors (Lipinski definition) is 2. The average Bonchev–Trinajstić information content (AvgIpc) is 3.29. The number of hydrogen-bond acceptors (Lipinski definition) is 3. The second-order valence-electron chi connectivity index (χ2n) is 9.06. The highest BCUT2D eigenvalue weighted by molar-refractivity contribution is 5.94. The van der Waals surface area contributed by atoms with E-state index in [0.29, 0.717) is 48.6 Å². The summed E-state index contributed by atoms with van der Waals surface area (Å²) in [5.41, 5.74) is 8.79. The Bertz CT molecular complexity index is 962. The fraction of sp³-hybridized carbons (Fsp3) is 0.417. The highest BCUT2D eigenvalue weighted by Crippen LogP contribution is 2.33. The third-order valence-electron chi connectivity index (χ3n) is 6.18. The smallest absolute Gasteiger partial charge is 0.321 e. The summed E-state index contributed by atoms with van der Waals surface area (Å²) >= 11 is 0. The molecule has 0 aromatic heterocycles. The molecule has 3 amide bonds. The first-order valence-electron chi connectivity index (χ1n) is 10.8. The van der Waals surface area contributed by atoms with Gasteiger partial charge in [-0.3, -0.25) is 4.79 Å². The van der Waals surface area contributed by atoms with Gasteiger partial charge in [0.25, 0.3) is 0 Å². The molecule has 0 radical (unpaired) electrons. The van der Waals surface area contributed by atoms with Crippen LogP contribution >= 0.6 is 0 Å². The standard InChI is InChI=1S/C24H29FN4O2/c1-15(2)9-23(30)28-11-18-13-29(14-19(18)12-28)24(31)27-22-10-17(5-8-21(22)26)16-3-6-20(25)7-4-16/h3-8,10,15,18-19H,9,11-14,26H2,1-2H3,(H,27,31). The molecule has 7 heteroatoms. The second-order valence-corrected chi connectivity index (χ2v) is 9.06. The molecule has 2 unspecified atom stereocenters. The number of nitrogens with two attached hydrogens (primary N) is 1. The Kier molecular flexibility index (Phi) is 5.85. The molecule has 0 spiro atoms. The predicted octanol–water partition coefficient (Wildman–Crippen LogP) is 4.04. The van der Waals surface area contributed by atoms with Crippen molar-refractivity contribution in [1.29, 1.82) is 0 Å². The number of anilines is 2.